The molecule has 7 nitrogen and oxygen atoms in total. The van der Waals surface area contributed by atoms with Gasteiger partial charge in [0.2, 0.25) is 0 Å². The van der Waals surface area contributed by atoms with E-state index in [0.717, 1.165) is 27.1 Å². The van der Waals surface area contributed by atoms with Crippen LogP contribution in [0.15, 0.2) is 36.0 Å². The molecule has 1 aromatic carbocycles. The Morgan fingerprint density at radius 1 is 1.28 bits per heavy atom. The minimum atomic E-state index is -1.17. The summed E-state index contributed by atoms with van der Waals surface area (Å²) < 4.78 is 5.18. The van der Waals surface area contributed by atoms with Crippen LogP contribution in [0.25, 0.3) is 21.3 Å². The lowest BCUT2D eigenvalue weighted by Gasteiger charge is -2.18. The van der Waals surface area contributed by atoms with Crippen LogP contribution in [0.2, 0.25) is 0 Å². The van der Waals surface area contributed by atoms with Crippen LogP contribution in [0.4, 0.5) is 5.82 Å². The number of aliphatic hydroxyl groups excluding tert-OH is 1. The number of nitrogens with zero attached hydrogens (tertiary/aromatic N) is 2. The molecule has 0 bridgehead atoms. The number of anilines is 1. The van der Waals surface area contributed by atoms with Crippen molar-refractivity contribution in [2.24, 2.45) is 0 Å². The van der Waals surface area contributed by atoms with Gasteiger partial charge in [-0.15, -0.1) is 11.3 Å². The molecule has 3 aromatic rings. The average Bonchev–Trinajstić information content (AvgIpc) is 3.04. The summed E-state index contributed by atoms with van der Waals surface area (Å²) in [5.41, 5.74) is 1.83. The van der Waals surface area contributed by atoms with E-state index in [1.165, 1.54) is 24.6 Å². The van der Waals surface area contributed by atoms with Crippen LogP contribution in [0.5, 0.6) is 5.75 Å². The molecule has 8 heteroatoms. The van der Waals surface area contributed by atoms with Gasteiger partial charge in [-0.1, -0.05) is 12.1 Å². The summed E-state index contributed by atoms with van der Waals surface area (Å²) in [5, 5.41) is 24.5. The molecule has 0 radical (unpaired) electrons. The topological polar surface area (TPSA) is 105 Å². The number of fused-ring (bicyclic) bond motifs is 1. The van der Waals surface area contributed by atoms with Crippen LogP contribution in [-0.2, 0) is 4.79 Å². The molecule has 0 aliphatic heterocycles. The summed E-state index contributed by atoms with van der Waals surface area (Å²) in [6.45, 7) is 1.42. The highest BCUT2D eigenvalue weighted by Gasteiger charge is 2.25. The highest BCUT2D eigenvalue weighted by atomic mass is 32.1. The fourth-order valence-corrected chi connectivity index (χ4v) is 3.42. The standard InChI is InChI=1S/C17H17N3O4S/c1-9(21)14(17(22)23)20-15-13-12(7-25-16(13)19-8-18-15)10-3-5-11(24-2)6-4-10/h3-9,14,21H,1-2H3,(H,22,23)(H,18,19,20). The molecule has 0 aliphatic rings. The van der Waals surface area contributed by atoms with Crippen molar-refractivity contribution >= 4 is 33.3 Å². The van der Waals surface area contributed by atoms with Gasteiger partial charge in [0.05, 0.1) is 18.6 Å². The minimum absolute atomic E-state index is 0.380. The number of hydrogen-bond donors (Lipinski definition) is 3. The Kier molecular flexibility index (Phi) is 4.82. The third-order valence-electron chi connectivity index (χ3n) is 3.81. The molecule has 2 unspecified atom stereocenters. The molecule has 0 amide bonds. The second-order valence-corrected chi connectivity index (χ2v) is 6.34. The van der Waals surface area contributed by atoms with Crippen LogP contribution in [0, 0.1) is 0 Å². The number of benzene rings is 1. The van der Waals surface area contributed by atoms with E-state index in [1.54, 1.807) is 7.11 Å². The number of methoxy groups -OCH3 is 1. The van der Waals surface area contributed by atoms with Gasteiger partial charge >= 0.3 is 5.97 Å². The molecule has 0 saturated heterocycles. The van der Waals surface area contributed by atoms with E-state index in [-0.39, 0.29) is 0 Å². The van der Waals surface area contributed by atoms with E-state index in [9.17, 15) is 15.0 Å². The van der Waals surface area contributed by atoms with Gasteiger partial charge < -0.3 is 20.3 Å². The Hall–Kier alpha value is -2.71. The number of hydrogen-bond acceptors (Lipinski definition) is 7. The fraction of sp³-hybridized carbons (Fsp3) is 0.235. The summed E-state index contributed by atoms with van der Waals surface area (Å²) in [6.07, 6.45) is 0.297. The maximum Gasteiger partial charge on any atom is 0.328 e. The fourth-order valence-electron chi connectivity index (χ4n) is 2.50. The molecule has 0 spiro atoms. The molecule has 3 rings (SSSR count). The van der Waals surface area contributed by atoms with Crippen molar-refractivity contribution in [1.82, 2.24) is 9.97 Å². The molecule has 3 N–H and O–H groups in total. The zero-order valence-corrected chi connectivity index (χ0v) is 14.4. The Labute approximate surface area is 147 Å². The number of aromatic nitrogens is 2. The van der Waals surface area contributed by atoms with E-state index in [0.29, 0.717) is 5.82 Å². The molecule has 0 aliphatic carbocycles. The number of rotatable bonds is 6. The van der Waals surface area contributed by atoms with Crippen LogP contribution >= 0.6 is 11.3 Å². The zero-order chi connectivity index (χ0) is 18.0. The Balaban J connectivity index is 2.08. The van der Waals surface area contributed by atoms with E-state index in [1.807, 2.05) is 29.6 Å². The van der Waals surface area contributed by atoms with E-state index in [4.69, 9.17) is 4.74 Å². The maximum absolute atomic E-state index is 11.4. The molecule has 2 atom stereocenters. The quantitative estimate of drug-likeness (QED) is 0.621. The monoisotopic (exact) mass is 359 g/mol. The van der Waals surface area contributed by atoms with Crippen LogP contribution < -0.4 is 10.1 Å². The molecule has 2 heterocycles. The van der Waals surface area contributed by atoms with Crippen molar-refractivity contribution < 1.29 is 19.7 Å². The highest BCUT2D eigenvalue weighted by Crippen LogP contribution is 2.37. The van der Waals surface area contributed by atoms with Crippen LogP contribution in [0.3, 0.4) is 0 Å². The smallest absolute Gasteiger partial charge is 0.328 e. The predicted octanol–water partition coefficient (Wildman–Crippen LogP) is 2.61. The Bertz CT molecular complexity index is 893. The highest BCUT2D eigenvalue weighted by molar-refractivity contribution is 7.17. The van der Waals surface area contributed by atoms with Gasteiger partial charge in [0.1, 0.15) is 22.7 Å². The van der Waals surface area contributed by atoms with Gasteiger partial charge in [-0.2, -0.15) is 0 Å². The molecule has 0 saturated carbocycles. The zero-order valence-electron chi connectivity index (χ0n) is 13.6. The van der Waals surface area contributed by atoms with Gasteiger partial charge in [-0.25, -0.2) is 14.8 Å². The second kappa shape index (κ2) is 7.04. The molecular formula is C17H17N3O4S. The number of carboxylic acids is 1. The summed E-state index contributed by atoms with van der Waals surface area (Å²) in [5.74, 6) is -0.0220. The van der Waals surface area contributed by atoms with E-state index in [2.05, 4.69) is 15.3 Å². The number of ether oxygens (including phenoxy) is 1. The average molecular weight is 359 g/mol. The first-order chi connectivity index (χ1) is 12.0. The van der Waals surface area contributed by atoms with E-state index < -0.39 is 18.1 Å². The first-order valence-corrected chi connectivity index (χ1v) is 8.43. The lowest BCUT2D eigenvalue weighted by atomic mass is 10.1. The molecular weight excluding hydrogens is 342 g/mol. The van der Waals surface area contributed by atoms with Gasteiger partial charge in [0, 0.05) is 10.9 Å². The van der Waals surface area contributed by atoms with Gasteiger partial charge in [-0.3, -0.25) is 0 Å². The van der Waals surface area contributed by atoms with Crippen LogP contribution in [-0.4, -0.2) is 45.4 Å². The normalized spacial score (nSPS) is 13.4. The van der Waals surface area contributed by atoms with Gasteiger partial charge in [-0.05, 0) is 24.6 Å². The van der Waals surface area contributed by atoms with Crippen molar-refractivity contribution in [3.63, 3.8) is 0 Å². The summed E-state index contributed by atoms with van der Waals surface area (Å²) in [7, 11) is 1.60. The van der Waals surface area contributed by atoms with Crippen molar-refractivity contribution in [3.05, 3.63) is 36.0 Å². The number of nitrogens with one attached hydrogen (secondary N) is 1. The number of aliphatic hydroxyl groups is 1. The lowest BCUT2D eigenvalue weighted by Crippen LogP contribution is -2.39. The lowest BCUT2D eigenvalue weighted by molar-refractivity contribution is -0.140. The van der Waals surface area contributed by atoms with Crippen molar-refractivity contribution in [2.45, 2.75) is 19.1 Å². The minimum Gasteiger partial charge on any atom is -0.497 e. The number of aliphatic carboxylic acids is 1. The van der Waals surface area contributed by atoms with Gasteiger partial charge in [0.15, 0.2) is 6.04 Å². The third-order valence-corrected chi connectivity index (χ3v) is 4.70. The van der Waals surface area contributed by atoms with Crippen molar-refractivity contribution in [1.29, 1.82) is 0 Å². The van der Waals surface area contributed by atoms with Crippen molar-refractivity contribution in [2.75, 3.05) is 12.4 Å². The van der Waals surface area contributed by atoms with Gasteiger partial charge in [0.25, 0.3) is 0 Å². The summed E-state index contributed by atoms with van der Waals surface area (Å²) >= 11 is 1.44. The molecule has 130 valence electrons. The molecule has 0 fully saturated rings. The van der Waals surface area contributed by atoms with Crippen molar-refractivity contribution in [3.8, 4) is 16.9 Å². The number of carboxylic acid groups (broad SMARTS) is 1. The third kappa shape index (κ3) is 3.40. The second-order valence-electron chi connectivity index (χ2n) is 5.48. The SMILES string of the molecule is COc1ccc(-c2csc3ncnc(NC(C(=O)O)C(C)O)c23)cc1. The maximum atomic E-state index is 11.4. The summed E-state index contributed by atoms with van der Waals surface area (Å²) in [4.78, 5) is 20.5. The largest absolute Gasteiger partial charge is 0.497 e. The molecule has 2 aromatic heterocycles. The number of thiophene rings is 1. The summed E-state index contributed by atoms with van der Waals surface area (Å²) in [6, 6.07) is 6.37. The van der Waals surface area contributed by atoms with E-state index >= 15 is 0 Å². The molecule has 25 heavy (non-hydrogen) atoms. The number of carbonyl (C=O) groups is 1. The first-order valence-electron chi connectivity index (χ1n) is 7.55. The van der Waals surface area contributed by atoms with Crippen LogP contribution in [0.1, 0.15) is 6.92 Å². The first kappa shape index (κ1) is 17.1. The predicted molar refractivity (Wildman–Crippen MR) is 96.1 cm³/mol. The Morgan fingerprint density at radius 3 is 2.60 bits per heavy atom. The Morgan fingerprint density at radius 2 is 2.00 bits per heavy atom.